The van der Waals surface area contributed by atoms with Crippen LogP contribution in [0.25, 0.3) is 11.4 Å². The van der Waals surface area contributed by atoms with Crippen molar-refractivity contribution in [3.05, 3.63) is 53.3 Å². The van der Waals surface area contributed by atoms with E-state index in [0.717, 1.165) is 49.1 Å². The van der Waals surface area contributed by atoms with Crippen LogP contribution in [0.4, 0.5) is 5.82 Å². The van der Waals surface area contributed by atoms with Crippen LogP contribution in [0.1, 0.15) is 62.5 Å². The maximum absolute atomic E-state index is 5.53. The lowest BCUT2D eigenvalue weighted by molar-refractivity contribution is 0.215. The van der Waals surface area contributed by atoms with Gasteiger partial charge < -0.3 is 9.42 Å². The minimum Gasteiger partial charge on any atom is -0.354 e. The van der Waals surface area contributed by atoms with Gasteiger partial charge in [-0.3, -0.25) is 4.90 Å². The molecule has 4 rings (SSSR count). The van der Waals surface area contributed by atoms with Crippen molar-refractivity contribution in [1.82, 2.24) is 25.0 Å². The first kappa shape index (κ1) is 21.4. The highest BCUT2D eigenvalue weighted by atomic mass is 16.5. The maximum atomic E-state index is 5.53. The molecule has 1 saturated heterocycles. The number of aryl methyl sites for hydroxylation is 1. The molecule has 0 bridgehead atoms. The van der Waals surface area contributed by atoms with Crippen molar-refractivity contribution in [3.8, 4) is 11.4 Å². The van der Waals surface area contributed by atoms with Crippen molar-refractivity contribution in [2.75, 3.05) is 31.1 Å². The summed E-state index contributed by atoms with van der Waals surface area (Å²) in [5.41, 5.74) is 3.32. The van der Waals surface area contributed by atoms with Crippen LogP contribution in [0.3, 0.4) is 0 Å². The van der Waals surface area contributed by atoms with Gasteiger partial charge >= 0.3 is 0 Å². The SMILES string of the molecule is Cc1cc(N2CCN(Cc3nc(-c4ccc(C(C)C)cc4)no3)CC2)nc(C(C)C)n1. The molecule has 1 aliphatic rings. The topological polar surface area (TPSA) is 71.2 Å². The summed E-state index contributed by atoms with van der Waals surface area (Å²) >= 11 is 0. The van der Waals surface area contributed by atoms with E-state index < -0.39 is 0 Å². The fourth-order valence-corrected chi connectivity index (χ4v) is 3.77. The molecule has 31 heavy (non-hydrogen) atoms. The van der Waals surface area contributed by atoms with Crippen LogP contribution in [-0.2, 0) is 6.54 Å². The molecule has 0 radical (unpaired) electrons. The van der Waals surface area contributed by atoms with E-state index in [1.165, 1.54) is 5.56 Å². The fraction of sp³-hybridized carbons (Fsp3) is 0.500. The van der Waals surface area contributed by atoms with Crippen LogP contribution >= 0.6 is 0 Å². The summed E-state index contributed by atoms with van der Waals surface area (Å²) in [6.07, 6.45) is 0. The minimum absolute atomic E-state index is 0.327. The molecular weight excluding hydrogens is 388 g/mol. The first-order valence-corrected chi connectivity index (χ1v) is 11.1. The van der Waals surface area contributed by atoms with Crippen molar-refractivity contribution < 1.29 is 4.52 Å². The summed E-state index contributed by atoms with van der Waals surface area (Å²) in [6, 6.07) is 10.5. The predicted octanol–water partition coefficient (Wildman–Crippen LogP) is 4.40. The number of rotatable bonds is 6. The lowest BCUT2D eigenvalue weighted by atomic mass is 10.0. The summed E-state index contributed by atoms with van der Waals surface area (Å²) in [7, 11) is 0. The smallest absolute Gasteiger partial charge is 0.241 e. The second kappa shape index (κ2) is 9.14. The Hall–Kier alpha value is -2.80. The van der Waals surface area contributed by atoms with E-state index in [9.17, 15) is 0 Å². The third-order valence-electron chi connectivity index (χ3n) is 5.73. The zero-order valence-corrected chi connectivity index (χ0v) is 19.2. The van der Waals surface area contributed by atoms with Gasteiger partial charge in [0.15, 0.2) is 0 Å². The monoisotopic (exact) mass is 420 g/mol. The fourth-order valence-electron chi connectivity index (χ4n) is 3.77. The summed E-state index contributed by atoms with van der Waals surface area (Å²) in [4.78, 5) is 18.6. The third-order valence-corrected chi connectivity index (χ3v) is 5.73. The van der Waals surface area contributed by atoms with E-state index in [1.54, 1.807) is 0 Å². The predicted molar refractivity (Wildman–Crippen MR) is 122 cm³/mol. The molecule has 0 spiro atoms. The Morgan fingerprint density at radius 1 is 0.903 bits per heavy atom. The summed E-state index contributed by atoms with van der Waals surface area (Å²) in [5.74, 6) is 4.10. The molecule has 2 aromatic heterocycles. The highest BCUT2D eigenvalue weighted by Gasteiger charge is 2.21. The van der Waals surface area contributed by atoms with Gasteiger partial charge in [-0.05, 0) is 18.4 Å². The minimum atomic E-state index is 0.327. The Morgan fingerprint density at radius 2 is 1.61 bits per heavy atom. The molecule has 164 valence electrons. The van der Waals surface area contributed by atoms with Crippen molar-refractivity contribution in [2.45, 2.75) is 53.0 Å². The lowest BCUT2D eigenvalue weighted by Crippen LogP contribution is -2.46. The Balaban J connectivity index is 1.35. The van der Waals surface area contributed by atoms with Gasteiger partial charge in [-0.15, -0.1) is 0 Å². The van der Waals surface area contributed by atoms with Gasteiger partial charge in [-0.25, -0.2) is 9.97 Å². The summed E-state index contributed by atoms with van der Waals surface area (Å²) in [5, 5.41) is 4.18. The van der Waals surface area contributed by atoms with Gasteiger partial charge in [0, 0.05) is 49.4 Å². The Kier molecular flexibility index (Phi) is 6.32. The molecule has 1 aromatic carbocycles. The number of hydrogen-bond acceptors (Lipinski definition) is 7. The van der Waals surface area contributed by atoms with Crippen LogP contribution in [-0.4, -0.2) is 51.2 Å². The van der Waals surface area contributed by atoms with Crippen molar-refractivity contribution in [3.63, 3.8) is 0 Å². The molecule has 0 amide bonds. The molecule has 3 aromatic rings. The second-order valence-electron chi connectivity index (χ2n) is 8.93. The van der Waals surface area contributed by atoms with Crippen LogP contribution in [0.2, 0.25) is 0 Å². The average molecular weight is 421 g/mol. The number of benzene rings is 1. The Morgan fingerprint density at radius 3 is 2.26 bits per heavy atom. The molecule has 3 heterocycles. The number of nitrogens with zero attached hydrogens (tertiary/aromatic N) is 6. The van der Waals surface area contributed by atoms with Crippen LogP contribution in [0.15, 0.2) is 34.9 Å². The van der Waals surface area contributed by atoms with Crippen molar-refractivity contribution >= 4 is 5.82 Å². The molecule has 7 heteroatoms. The Bertz CT molecular complexity index is 1000. The zero-order chi connectivity index (χ0) is 22.0. The molecule has 0 unspecified atom stereocenters. The average Bonchev–Trinajstić information content (AvgIpc) is 3.22. The van der Waals surface area contributed by atoms with Crippen molar-refractivity contribution in [1.29, 1.82) is 0 Å². The lowest BCUT2D eigenvalue weighted by Gasteiger charge is -2.34. The van der Waals surface area contributed by atoms with Crippen LogP contribution < -0.4 is 4.90 Å². The standard InChI is InChI=1S/C24H32N6O/c1-16(2)19-6-8-20(9-7-19)24-27-22(31-28-24)15-29-10-12-30(13-11-29)21-14-18(5)25-23(26-21)17(3)4/h6-9,14,16-17H,10-13,15H2,1-5H3. The van der Waals surface area contributed by atoms with Gasteiger partial charge in [0.2, 0.25) is 11.7 Å². The van der Waals surface area contributed by atoms with Gasteiger partial charge in [-0.1, -0.05) is 57.1 Å². The van der Waals surface area contributed by atoms with E-state index >= 15 is 0 Å². The number of anilines is 1. The third kappa shape index (κ3) is 5.10. The van der Waals surface area contributed by atoms with E-state index in [1.807, 2.05) is 6.92 Å². The van der Waals surface area contributed by atoms with E-state index in [-0.39, 0.29) is 0 Å². The number of aromatic nitrogens is 4. The highest BCUT2D eigenvalue weighted by Crippen LogP contribution is 2.22. The van der Waals surface area contributed by atoms with Gasteiger partial charge in [0.05, 0.1) is 6.54 Å². The number of piperazine rings is 1. The summed E-state index contributed by atoms with van der Waals surface area (Å²) in [6.45, 7) is 15.1. The zero-order valence-electron chi connectivity index (χ0n) is 19.2. The van der Waals surface area contributed by atoms with Gasteiger partial charge in [-0.2, -0.15) is 4.98 Å². The molecule has 0 N–H and O–H groups in total. The van der Waals surface area contributed by atoms with Gasteiger partial charge in [0.25, 0.3) is 0 Å². The first-order valence-electron chi connectivity index (χ1n) is 11.1. The molecule has 1 aliphatic heterocycles. The van der Waals surface area contributed by atoms with Gasteiger partial charge in [0.1, 0.15) is 11.6 Å². The largest absolute Gasteiger partial charge is 0.354 e. The highest BCUT2D eigenvalue weighted by molar-refractivity contribution is 5.54. The second-order valence-corrected chi connectivity index (χ2v) is 8.93. The first-order chi connectivity index (χ1) is 14.9. The molecule has 1 fully saturated rings. The normalized spacial score (nSPS) is 15.3. The number of hydrogen-bond donors (Lipinski definition) is 0. The Labute approximate surface area is 184 Å². The van der Waals surface area contributed by atoms with Crippen molar-refractivity contribution in [2.24, 2.45) is 0 Å². The van der Waals surface area contributed by atoms with Crippen LogP contribution in [0, 0.1) is 6.92 Å². The summed E-state index contributed by atoms with van der Waals surface area (Å²) < 4.78 is 5.53. The quantitative estimate of drug-likeness (QED) is 0.585. The van der Waals surface area contributed by atoms with E-state index in [0.29, 0.717) is 30.1 Å². The molecular formula is C24H32N6O. The van der Waals surface area contributed by atoms with E-state index in [4.69, 9.17) is 9.51 Å². The molecule has 0 saturated carbocycles. The maximum Gasteiger partial charge on any atom is 0.241 e. The van der Waals surface area contributed by atoms with E-state index in [2.05, 4.69) is 83.0 Å². The van der Waals surface area contributed by atoms with Crippen LogP contribution in [0.5, 0.6) is 0 Å². The molecule has 0 aliphatic carbocycles. The molecule has 7 nitrogen and oxygen atoms in total. The molecule has 0 atom stereocenters.